The van der Waals surface area contributed by atoms with E-state index >= 15 is 0 Å². The van der Waals surface area contributed by atoms with Crippen LogP contribution in [0.4, 0.5) is 5.69 Å². The summed E-state index contributed by atoms with van der Waals surface area (Å²) in [7, 11) is 3.22. The number of amides is 2. The first kappa shape index (κ1) is 18.2. The lowest BCUT2D eigenvalue weighted by molar-refractivity contribution is -0.127. The molecule has 1 fully saturated rings. The topological polar surface area (TPSA) is 71.5 Å². The van der Waals surface area contributed by atoms with Gasteiger partial charge in [-0.25, -0.2) is 4.98 Å². The Morgan fingerprint density at radius 1 is 1.33 bits per heavy atom. The van der Waals surface area contributed by atoms with Crippen LogP contribution in [-0.2, 0) is 9.59 Å². The lowest BCUT2D eigenvalue weighted by Gasteiger charge is -2.24. The normalized spacial score (nSPS) is 16.3. The van der Waals surface area contributed by atoms with Crippen LogP contribution >= 0.6 is 0 Å². The molecule has 0 unspecified atom stereocenters. The van der Waals surface area contributed by atoms with Crippen molar-refractivity contribution in [3.63, 3.8) is 0 Å². The number of hydrogen-bond donors (Lipinski definition) is 1. The van der Waals surface area contributed by atoms with Gasteiger partial charge in [-0.05, 0) is 31.7 Å². The molecule has 24 heavy (non-hydrogen) atoms. The minimum atomic E-state index is -0.562. The van der Waals surface area contributed by atoms with Crippen molar-refractivity contribution in [2.75, 3.05) is 19.1 Å². The van der Waals surface area contributed by atoms with Crippen molar-refractivity contribution in [3.8, 4) is 5.88 Å². The van der Waals surface area contributed by atoms with Crippen LogP contribution in [0.2, 0.25) is 0 Å². The van der Waals surface area contributed by atoms with Gasteiger partial charge in [-0.15, -0.1) is 0 Å². The lowest BCUT2D eigenvalue weighted by Crippen LogP contribution is -2.46. The fourth-order valence-electron chi connectivity index (χ4n) is 3.12. The van der Waals surface area contributed by atoms with E-state index in [2.05, 4.69) is 10.3 Å². The van der Waals surface area contributed by atoms with E-state index in [1.165, 1.54) is 24.2 Å². The molecule has 1 aromatic heterocycles. The van der Waals surface area contributed by atoms with Gasteiger partial charge in [0.1, 0.15) is 6.04 Å². The summed E-state index contributed by atoms with van der Waals surface area (Å²) in [5, 5.41) is 2.82. The number of carbonyl (C=O) groups is 2. The SMILES string of the molecule is COc1ccc(N(C)C(=O)[C@@H](C)NC(=O)CC2CCCCC2)cn1. The lowest BCUT2D eigenvalue weighted by atomic mass is 9.87. The van der Waals surface area contributed by atoms with Gasteiger partial charge in [0.05, 0.1) is 19.0 Å². The summed E-state index contributed by atoms with van der Waals surface area (Å²) in [5.74, 6) is 0.751. The van der Waals surface area contributed by atoms with Gasteiger partial charge >= 0.3 is 0 Å². The van der Waals surface area contributed by atoms with E-state index in [1.807, 2.05) is 0 Å². The minimum Gasteiger partial charge on any atom is -0.481 e. The number of methoxy groups -OCH3 is 1. The molecule has 0 aromatic carbocycles. The molecule has 1 atom stereocenters. The molecule has 132 valence electrons. The highest BCUT2D eigenvalue weighted by Gasteiger charge is 2.23. The fraction of sp³-hybridized carbons (Fsp3) is 0.611. The average Bonchev–Trinajstić information content (AvgIpc) is 2.61. The molecule has 0 bridgehead atoms. The smallest absolute Gasteiger partial charge is 0.249 e. The van der Waals surface area contributed by atoms with E-state index in [4.69, 9.17) is 4.74 Å². The number of nitrogens with zero attached hydrogens (tertiary/aromatic N) is 2. The van der Waals surface area contributed by atoms with Crippen molar-refractivity contribution in [2.24, 2.45) is 5.92 Å². The van der Waals surface area contributed by atoms with Crippen molar-refractivity contribution in [3.05, 3.63) is 18.3 Å². The van der Waals surface area contributed by atoms with Gasteiger partial charge in [0.15, 0.2) is 0 Å². The van der Waals surface area contributed by atoms with E-state index in [9.17, 15) is 9.59 Å². The number of nitrogens with one attached hydrogen (secondary N) is 1. The van der Waals surface area contributed by atoms with Crippen molar-refractivity contribution < 1.29 is 14.3 Å². The number of ether oxygens (including phenoxy) is 1. The molecule has 0 radical (unpaired) electrons. The van der Waals surface area contributed by atoms with Crippen molar-refractivity contribution >= 4 is 17.5 Å². The van der Waals surface area contributed by atoms with Gasteiger partial charge in [0.25, 0.3) is 0 Å². The molecule has 1 saturated carbocycles. The zero-order valence-corrected chi connectivity index (χ0v) is 14.7. The summed E-state index contributed by atoms with van der Waals surface area (Å²) >= 11 is 0. The molecular formula is C18H27N3O3. The first-order valence-corrected chi connectivity index (χ1v) is 8.58. The number of carbonyl (C=O) groups excluding carboxylic acids is 2. The number of pyridine rings is 1. The predicted octanol–water partition coefficient (Wildman–Crippen LogP) is 2.53. The van der Waals surface area contributed by atoms with Gasteiger partial charge in [0.2, 0.25) is 17.7 Å². The Morgan fingerprint density at radius 2 is 2.04 bits per heavy atom. The van der Waals surface area contributed by atoms with E-state index in [0.717, 1.165) is 12.8 Å². The highest BCUT2D eigenvalue weighted by molar-refractivity contribution is 5.98. The first-order chi connectivity index (χ1) is 11.5. The van der Waals surface area contributed by atoms with Crippen LogP contribution in [-0.4, -0.2) is 37.0 Å². The summed E-state index contributed by atoms with van der Waals surface area (Å²) in [6.45, 7) is 1.72. The number of hydrogen-bond acceptors (Lipinski definition) is 4. The maximum Gasteiger partial charge on any atom is 0.249 e. The Labute approximate surface area is 143 Å². The van der Waals surface area contributed by atoms with Gasteiger partial charge in [0, 0.05) is 19.5 Å². The van der Waals surface area contributed by atoms with Crippen LogP contribution in [0.3, 0.4) is 0 Å². The number of likely N-dealkylation sites (N-methyl/N-ethyl adjacent to an activating group) is 1. The monoisotopic (exact) mass is 333 g/mol. The Bertz CT molecular complexity index is 553. The Kier molecular flexibility index (Phi) is 6.58. The number of rotatable bonds is 6. The van der Waals surface area contributed by atoms with Gasteiger partial charge in [-0.3, -0.25) is 9.59 Å². The maximum atomic E-state index is 12.5. The summed E-state index contributed by atoms with van der Waals surface area (Å²) in [5.41, 5.74) is 0.661. The Hall–Kier alpha value is -2.11. The van der Waals surface area contributed by atoms with E-state index in [-0.39, 0.29) is 11.8 Å². The maximum absolute atomic E-state index is 12.5. The molecule has 1 N–H and O–H groups in total. The summed E-state index contributed by atoms with van der Waals surface area (Å²) in [4.78, 5) is 30.2. The zero-order chi connectivity index (χ0) is 17.5. The third-order valence-electron chi connectivity index (χ3n) is 4.59. The quantitative estimate of drug-likeness (QED) is 0.868. The summed E-state index contributed by atoms with van der Waals surface area (Å²) in [6.07, 6.45) is 8.02. The molecule has 1 aliphatic rings. The molecule has 6 heteroatoms. The minimum absolute atomic E-state index is 0.0380. The largest absolute Gasteiger partial charge is 0.481 e. The van der Waals surface area contributed by atoms with Gasteiger partial charge < -0.3 is 15.0 Å². The van der Waals surface area contributed by atoms with Crippen molar-refractivity contribution in [1.82, 2.24) is 10.3 Å². The first-order valence-electron chi connectivity index (χ1n) is 8.58. The molecule has 6 nitrogen and oxygen atoms in total. The molecule has 1 aromatic rings. The molecule has 0 saturated heterocycles. The second-order valence-electron chi connectivity index (χ2n) is 6.45. The predicted molar refractivity (Wildman–Crippen MR) is 93.0 cm³/mol. The highest BCUT2D eigenvalue weighted by Crippen LogP contribution is 2.26. The van der Waals surface area contributed by atoms with Crippen LogP contribution in [0.5, 0.6) is 5.88 Å². The molecule has 0 aliphatic heterocycles. The third kappa shape index (κ3) is 4.94. The molecule has 2 rings (SSSR count). The average molecular weight is 333 g/mol. The van der Waals surface area contributed by atoms with E-state index in [1.54, 1.807) is 39.4 Å². The molecule has 1 aliphatic carbocycles. The summed E-state index contributed by atoms with van der Waals surface area (Å²) < 4.78 is 5.01. The highest BCUT2D eigenvalue weighted by atomic mass is 16.5. The molecule has 2 amide bonds. The fourth-order valence-corrected chi connectivity index (χ4v) is 3.12. The van der Waals surface area contributed by atoms with E-state index in [0.29, 0.717) is 23.9 Å². The van der Waals surface area contributed by atoms with Crippen LogP contribution in [0.25, 0.3) is 0 Å². The second kappa shape index (κ2) is 8.66. The Balaban J connectivity index is 1.86. The molecule has 1 heterocycles. The van der Waals surface area contributed by atoms with E-state index < -0.39 is 6.04 Å². The molecule has 0 spiro atoms. The van der Waals surface area contributed by atoms with Crippen molar-refractivity contribution in [1.29, 1.82) is 0 Å². The third-order valence-corrected chi connectivity index (χ3v) is 4.59. The van der Waals surface area contributed by atoms with Crippen molar-refractivity contribution in [2.45, 2.75) is 51.5 Å². The number of anilines is 1. The standard InChI is InChI=1S/C18H27N3O3/c1-13(20-16(22)11-14-7-5-4-6-8-14)18(23)21(2)15-9-10-17(24-3)19-12-15/h9-10,12-14H,4-8,11H2,1-3H3,(H,20,22)/t13-/m1/s1. The second-order valence-corrected chi connectivity index (χ2v) is 6.45. The van der Waals surface area contributed by atoms with Crippen LogP contribution in [0.15, 0.2) is 18.3 Å². The summed E-state index contributed by atoms with van der Waals surface area (Å²) in [6, 6.07) is 2.90. The van der Waals surface area contributed by atoms with Crippen LogP contribution in [0, 0.1) is 5.92 Å². The number of aromatic nitrogens is 1. The zero-order valence-electron chi connectivity index (χ0n) is 14.7. The van der Waals surface area contributed by atoms with Gasteiger partial charge in [-0.1, -0.05) is 19.3 Å². The van der Waals surface area contributed by atoms with Crippen LogP contribution in [0.1, 0.15) is 45.4 Å². The van der Waals surface area contributed by atoms with Gasteiger partial charge in [-0.2, -0.15) is 0 Å². The molecular weight excluding hydrogens is 306 g/mol. The Morgan fingerprint density at radius 3 is 2.62 bits per heavy atom. The van der Waals surface area contributed by atoms with Crippen LogP contribution < -0.4 is 15.0 Å².